The molecule has 1 atom stereocenters. The number of ether oxygens (including phenoxy) is 1. The summed E-state index contributed by atoms with van der Waals surface area (Å²) in [7, 11) is 3.11. The zero-order chi connectivity index (χ0) is 18.7. The Morgan fingerprint density at radius 1 is 1.19 bits per heavy atom. The summed E-state index contributed by atoms with van der Waals surface area (Å²) >= 11 is 0. The number of pyridine rings is 1. The maximum absolute atomic E-state index is 13.0. The summed E-state index contributed by atoms with van der Waals surface area (Å²) in [5, 5.41) is 2.76. The van der Waals surface area contributed by atoms with Crippen molar-refractivity contribution in [2.75, 3.05) is 14.2 Å². The molecule has 0 aliphatic carbocycles. The zero-order valence-corrected chi connectivity index (χ0v) is 14.9. The molecule has 1 saturated heterocycles. The average molecular weight is 349 g/mol. The molecule has 2 aromatic rings. The van der Waals surface area contributed by atoms with Crippen molar-refractivity contribution in [2.45, 2.75) is 19.4 Å². The number of nitrogens with zero attached hydrogens (tertiary/aromatic N) is 3. The number of benzene rings is 1. The average Bonchev–Trinajstić information content (AvgIpc) is 2.86. The minimum absolute atomic E-state index is 0.236. The highest BCUT2D eigenvalue weighted by Crippen LogP contribution is 2.35. The van der Waals surface area contributed by atoms with Crippen molar-refractivity contribution < 1.29 is 14.3 Å². The van der Waals surface area contributed by atoms with Crippen LogP contribution in [0.2, 0.25) is 0 Å². The topological polar surface area (TPSA) is 62.7 Å². The van der Waals surface area contributed by atoms with E-state index in [9.17, 15) is 9.59 Å². The number of hydrazine groups is 1. The van der Waals surface area contributed by atoms with Gasteiger partial charge >= 0.3 is 0 Å². The maximum atomic E-state index is 13.0. The Hall–Kier alpha value is -3.33. The zero-order valence-electron chi connectivity index (χ0n) is 14.9. The number of likely N-dealkylation sites (N-methyl/N-ethyl adjacent to an activating group) is 1. The molecule has 1 aliphatic rings. The fraction of sp³-hybridized carbons (Fsp3) is 0.250. The van der Waals surface area contributed by atoms with Crippen LogP contribution in [0.4, 0.5) is 0 Å². The van der Waals surface area contributed by atoms with Gasteiger partial charge in [0.15, 0.2) is 0 Å². The van der Waals surface area contributed by atoms with Gasteiger partial charge in [0.25, 0.3) is 11.8 Å². The molecule has 1 aromatic carbocycles. The van der Waals surface area contributed by atoms with Crippen LogP contribution in [0.1, 0.15) is 29.7 Å². The molecular weight excluding hydrogens is 330 g/mol. The molecule has 132 valence electrons. The van der Waals surface area contributed by atoms with Crippen LogP contribution in [0.5, 0.6) is 5.75 Å². The smallest absolute Gasteiger partial charge is 0.258 e. The lowest BCUT2D eigenvalue weighted by molar-refractivity contribution is -0.145. The number of amides is 2. The van der Waals surface area contributed by atoms with Gasteiger partial charge in [-0.2, -0.15) is 0 Å². The third-order valence-electron chi connectivity index (χ3n) is 4.28. The summed E-state index contributed by atoms with van der Waals surface area (Å²) in [6.07, 6.45) is 1.66. The SMILES string of the molecule is CC#Cc1ccc(C2C(=O)N(C)N(Cc3ccccn3)C2=O)c(OC)c1. The quantitative estimate of drug-likeness (QED) is 0.625. The van der Waals surface area contributed by atoms with E-state index >= 15 is 0 Å². The second kappa shape index (κ2) is 7.28. The van der Waals surface area contributed by atoms with Crippen LogP contribution < -0.4 is 4.74 Å². The molecule has 2 heterocycles. The lowest BCUT2D eigenvalue weighted by Crippen LogP contribution is -2.37. The Morgan fingerprint density at radius 2 is 2.00 bits per heavy atom. The van der Waals surface area contributed by atoms with E-state index in [1.807, 2.05) is 12.1 Å². The Balaban J connectivity index is 1.94. The van der Waals surface area contributed by atoms with Crippen LogP contribution >= 0.6 is 0 Å². The molecule has 3 rings (SSSR count). The largest absolute Gasteiger partial charge is 0.496 e. The van der Waals surface area contributed by atoms with E-state index in [1.165, 1.54) is 17.1 Å². The molecule has 6 heteroatoms. The van der Waals surface area contributed by atoms with Gasteiger partial charge in [0, 0.05) is 24.4 Å². The van der Waals surface area contributed by atoms with Crippen LogP contribution in [0, 0.1) is 11.8 Å². The first-order valence-electron chi connectivity index (χ1n) is 8.16. The highest BCUT2D eigenvalue weighted by Gasteiger charge is 2.45. The van der Waals surface area contributed by atoms with Gasteiger partial charge in [-0.1, -0.05) is 18.1 Å². The minimum Gasteiger partial charge on any atom is -0.496 e. The molecular formula is C20H19N3O3. The predicted octanol–water partition coefficient (Wildman–Crippen LogP) is 1.96. The number of carbonyl (C=O) groups excluding carboxylic acids is 2. The number of rotatable bonds is 4. The van der Waals surface area contributed by atoms with Gasteiger partial charge in [0.1, 0.15) is 11.7 Å². The third kappa shape index (κ3) is 3.11. The summed E-state index contributed by atoms with van der Waals surface area (Å²) in [4.78, 5) is 29.9. The molecule has 0 N–H and O–H groups in total. The van der Waals surface area contributed by atoms with Crippen LogP contribution in [-0.4, -0.2) is 41.0 Å². The highest BCUT2D eigenvalue weighted by atomic mass is 16.5. The molecule has 6 nitrogen and oxygen atoms in total. The first-order chi connectivity index (χ1) is 12.6. The summed E-state index contributed by atoms with van der Waals surface area (Å²) in [6.45, 7) is 1.98. The van der Waals surface area contributed by atoms with E-state index < -0.39 is 5.92 Å². The first kappa shape index (κ1) is 17.5. The van der Waals surface area contributed by atoms with Gasteiger partial charge in [0.2, 0.25) is 0 Å². The van der Waals surface area contributed by atoms with E-state index in [1.54, 1.807) is 44.4 Å². The summed E-state index contributed by atoms with van der Waals surface area (Å²) in [5.74, 6) is 4.72. The van der Waals surface area contributed by atoms with Crippen molar-refractivity contribution in [1.82, 2.24) is 15.0 Å². The minimum atomic E-state index is -0.928. The van der Waals surface area contributed by atoms with Gasteiger partial charge in [-0.15, -0.1) is 5.92 Å². The number of aromatic nitrogens is 1. The second-order valence-electron chi connectivity index (χ2n) is 5.84. The van der Waals surface area contributed by atoms with E-state index in [2.05, 4.69) is 16.8 Å². The van der Waals surface area contributed by atoms with Crippen LogP contribution in [-0.2, 0) is 16.1 Å². The number of methoxy groups -OCH3 is 1. The molecule has 1 aliphatic heterocycles. The Kier molecular flexibility index (Phi) is 4.90. The number of hydrogen-bond acceptors (Lipinski definition) is 4. The molecule has 0 saturated carbocycles. The van der Waals surface area contributed by atoms with Crippen molar-refractivity contribution in [3.05, 3.63) is 59.4 Å². The lowest BCUT2D eigenvalue weighted by atomic mass is 9.96. The van der Waals surface area contributed by atoms with Crippen molar-refractivity contribution in [2.24, 2.45) is 0 Å². The van der Waals surface area contributed by atoms with Crippen molar-refractivity contribution in [3.8, 4) is 17.6 Å². The maximum Gasteiger partial charge on any atom is 0.258 e. The van der Waals surface area contributed by atoms with Crippen LogP contribution in [0.25, 0.3) is 0 Å². The van der Waals surface area contributed by atoms with E-state index in [-0.39, 0.29) is 18.4 Å². The van der Waals surface area contributed by atoms with Gasteiger partial charge in [-0.05, 0) is 31.2 Å². The van der Waals surface area contributed by atoms with Crippen molar-refractivity contribution in [3.63, 3.8) is 0 Å². The molecule has 2 amide bonds. The molecule has 1 aromatic heterocycles. The third-order valence-corrected chi connectivity index (χ3v) is 4.28. The summed E-state index contributed by atoms with van der Waals surface area (Å²) < 4.78 is 5.41. The van der Waals surface area contributed by atoms with E-state index in [0.717, 1.165) is 5.56 Å². The van der Waals surface area contributed by atoms with Crippen molar-refractivity contribution in [1.29, 1.82) is 0 Å². The van der Waals surface area contributed by atoms with Crippen molar-refractivity contribution >= 4 is 11.8 Å². The number of hydrogen-bond donors (Lipinski definition) is 0. The van der Waals surface area contributed by atoms with Crippen LogP contribution in [0.15, 0.2) is 42.6 Å². The van der Waals surface area contributed by atoms with Gasteiger partial charge in [-0.25, -0.2) is 5.01 Å². The molecule has 1 fully saturated rings. The monoisotopic (exact) mass is 349 g/mol. The van der Waals surface area contributed by atoms with E-state index in [4.69, 9.17) is 4.74 Å². The predicted molar refractivity (Wildman–Crippen MR) is 95.8 cm³/mol. The molecule has 26 heavy (non-hydrogen) atoms. The normalized spacial score (nSPS) is 16.5. The Bertz CT molecular complexity index is 900. The van der Waals surface area contributed by atoms with Gasteiger partial charge in [-0.3, -0.25) is 19.6 Å². The van der Waals surface area contributed by atoms with E-state index in [0.29, 0.717) is 17.0 Å². The van der Waals surface area contributed by atoms with Gasteiger partial charge < -0.3 is 4.74 Å². The lowest BCUT2D eigenvalue weighted by Gasteiger charge is -2.23. The Morgan fingerprint density at radius 3 is 2.65 bits per heavy atom. The highest BCUT2D eigenvalue weighted by molar-refractivity contribution is 6.10. The van der Waals surface area contributed by atoms with Gasteiger partial charge in [0.05, 0.1) is 19.3 Å². The standard InChI is InChI=1S/C20H19N3O3/c1-4-7-14-9-10-16(17(12-14)26-3)18-19(24)22(2)23(20(18)25)13-15-8-5-6-11-21-15/h5-6,8-12,18H,13H2,1-3H3. The summed E-state index contributed by atoms with van der Waals surface area (Å²) in [6, 6.07) is 10.7. The number of carbonyl (C=O) groups is 2. The summed E-state index contributed by atoms with van der Waals surface area (Å²) in [5.41, 5.74) is 2.02. The van der Waals surface area contributed by atoms with Crippen LogP contribution in [0.3, 0.4) is 0 Å². The molecule has 0 radical (unpaired) electrons. The first-order valence-corrected chi connectivity index (χ1v) is 8.16. The Labute approximate surface area is 152 Å². The molecule has 0 spiro atoms. The molecule has 1 unspecified atom stereocenters. The fourth-order valence-electron chi connectivity index (χ4n) is 2.98. The molecule has 0 bridgehead atoms. The second-order valence-corrected chi connectivity index (χ2v) is 5.84. The fourth-order valence-corrected chi connectivity index (χ4v) is 2.98.